The van der Waals surface area contributed by atoms with E-state index in [2.05, 4.69) is 16.0 Å². The predicted molar refractivity (Wildman–Crippen MR) is 71.7 cm³/mol. The number of carboxylic acids is 1. The van der Waals surface area contributed by atoms with E-state index in [0.29, 0.717) is 31.8 Å². The number of carbonyl (C=O) groups is 2. The molecule has 1 rings (SSSR count). The van der Waals surface area contributed by atoms with Gasteiger partial charge in [-0.05, 0) is 19.3 Å². The quantitative estimate of drug-likeness (QED) is 0.348. The third-order valence-corrected chi connectivity index (χ3v) is 3.18. The molecule has 110 valence electrons. The molecule has 7 nitrogen and oxygen atoms in total. The summed E-state index contributed by atoms with van der Waals surface area (Å²) in [6.45, 7) is 3.31. The van der Waals surface area contributed by atoms with Crippen LogP contribution in [0.2, 0.25) is 0 Å². The van der Waals surface area contributed by atoms with Crippen molar-refractivity contribution in [2.75, 3.05) is 26.2 Å². The van der Waals surface area contributed by atoms with E-state index in [9.17, 15) is 9.59 Å². The molecule has 0 aromatic heterocycles. The topological polar surface area (TPSA) is 116 Å². The van der Waals surface area contributed by atoms with Crippen molar-refractivity contribution in [3.63, 3.8) is 0 Å². The van der Waals surface area contributed by atoms with Crippen molar-refractivity contribution >= 4 is 11.9 Å². The standard InChI is InChI=1S/C12H24N4O3/c13-10(12(18)19)2-1-5-16-11(17)4-3-9-8-14-6-7-15-9/h9-10,14-15H,1-8,13H2,(H,16,17)(H,18,19)/t9?,10-/m0/s1. The van der Waals surface area contributed by atoms with Crippen LogP contribution in [-0.4, -0.2) is 55.2 Å². The van der Waals surface area contributed by atoms with Gasteiger partial charge in [-0.2, -0.15) is 0 Å². The van der Waals surface area contributed by atoms with E-state index in [1.165, 1.54) is 0 Å². The van der Waals surface area contributed by atoms with E-state index in [1.54, 1.807) is 0 Å². The van der Waals surface area contributed by atoms with Gasteiger partial charge in [-0.15, -0.1) is 0 Å². The molecule has 0 radical (unpaired) electrons. The highest BCUT2D eigenvalue weighted by molar-refractivity contribution is 5.76. The van der Waals surface area contributed by atoms with Crippen LogP contribution in [0.3, 0.4) is 0 Å². The molecule has 0 spiro atoms. The van der Waals surface area contributed by atoms with Crippen LogP contribution in [-0.2, 0) is 9.59 Å². The van der Waals surface area contributed by atoms with Gasteiger partial charge in [0.15, 0.2) is 0 Å². The number of carbonyl (C=O) groups excluding carboxylic acids is 1. The third kappa shape index (κ3) is 7.09. The van der Waals surface area contributed by atoms with Crippen molar-refractivity contribution in [2.45, 2.75) is 37.8 Å². The Morgan fingerprint density at radius 2 is 2.21 bits per heavy atom. The van der Waals surface area contributed by atoms with E-state index < -0.39 is 12.0 Å². The molecule has 0 aromatic rings. The maximum Gasteiger partial charge on any atom is 0.320 e. The molecule has 2 atom stereocenters. The number of amides is 1. The van der Waals surface area contributed by atoms with Crippen LogP contribution in [0.25, 0.3) is 0 Å². The Bertz CT molecular complexity index is 293. The molecule has 0 aromatic carbocycles. The molecule has 1 fully saturated rings. The van der Waals surface area contributed by atoms with Gasteiger partial charge >= 0.3 is 5.97 Å². The van der Waals surface area contributed by atoms with Gasteiger partial charge in [0.2, 0.25) is 5.91 Å². The summed E-state index contributed by atoms with van der Waals surface area (Å²) in [6.07, 6.45) is 2.27. The number of nitrogens with one attached hydrogen (secondary N) is 3. The summed E-state index contributed by atoms with van der Waals surface area (Å²) in [5.74, 6) is -0.988. The van der Waals surface area contributed by atoms with Crippen LogP contribution >= 0.6 is 0 Å². The van der Waals surface area contributed by atoms with Crippen LogP contribution in [0.15, 0.2) is 0 Å². The summed E-state index contributed by atoms with van der Waals surface area (Å²) < 4.78 is 0. The molecule has 0 aliphatic carbocycles. The van der Waals surface area contributed by atoms with E-state index in [-0.39, 0.29) is 5.91 Å². The Balaban J connectivity index is 2.00. The van der Waals surface area contributed by atoms with Crippen molar-refractivity contribution < 1.29 is 14.7 Å². The fourth-order valence-corrected chi connectivity index (χ4v) is 1.98. The van der Waals surface area contributed by atoms with Gasteiger partial charge in [-0.1, -0.05) is 0 Å². The molecule has 0 bridgehead atoms. The Morgan fingerprint density at radius 3 is 2.84 bits per heavy atom. The van der Waals surface area contributed by atoms with Crippen molar-refractivity contribution in [3.8, 4) is 0 Å². The molecule has 6 N–H and O–H groups in total. The van der Waals surface area contributed by atoms with Gasteiger partial charge < -0.3 is 26.8 Å². The van der Waals surface area contributed by atoms with Gasteiger partial charge in [-0.25, -0.2) is 0 Å². The summed E-state index contributed by atoms with van der Waals surface area (Å²) in [4.78, 5) is 22.0. The van der Waals surface area contributed by atoms with Gasteiger partial charge in [0, 0.05) is 38.6 Å². The first-order valence-electron chi connectivity index (χ1n) is 6.79. The lowest BCUT2D eigenvalue weighted by Crippen LogP contribution is -2.48. The molecule has 1 unspecified atom stereocenters. The Morgan fingerprint density at radius 1 is 1.42 bits per heavy atom. The van der Waals surface area contributed by atoms with E-state index in [1.807, 2.05) is 0 Å². The zero-order valence-corrected chi connectivity index (χ0v) is 11.2. The summed E-state index contributed by atoms with van der Waals surface area (Å²) in [5.41, 5.74) is 5.36. The van der Waals surface area contributed by atoms with Crippen molar-refractivity contribution in [1.29, 1.82) is 0 Å². The predicted octanol–water partition coefficient (Wildman–Crippen LogP) is -1.36. The summed E-state index contributed by atoms with van der Waals surface area (Å²) >= 11 is 0. The fourth-order valence-electron chi connectivity index (χ4n) is 1.98. The van der Waals surface area contributed by atoms with Gasteiger partial charge in [-0.3, -0.25) is 9.59 Å². The zero-order chi connectivity index (χ0) is 14.1. The Kier molecular flexibility index (Phi) is 7.39. The average Bonchev–Trinajstić information content (AvgIpc) is 2.42. The molecule has 1 heterocycles. The highest BCUT2D eigenvalue weighted by atomic mass is 16.4. The largest absolute Gasteiger partial charge is 0.480 e. The highest BCUT2D eigenvalue weighted by Crippen LogP contribution is 1.99. The lowest BCUT2D eigenvalue weighted by Gasteiger charge is -2.24. The molecule has 7 heteroatoms. The van der Waals surface area contributed by atoms with E-state index >= 15 is 0 Å². The molecule has 0 saturated carbocycles. The molecular weight excluding hydrogens is 248 g/mol. The summed E-state index contributed by atoms with van der Waals surface area (Å²) in [7, 11) is 0. The lowest BCUT2D eigenvalue weighted by molar-refractivity contribution is -0.138. The molecule has 1 saturated heterocycles. The first-order valence-corrected chi connectivity index (χ1v) is 6.79. The van der Waals surface area contributed by atoms with E-state index in [0.717, 1.165) is 26.1 Å². The number of hydrogen-bond acceptors (Lipinski definition) is 5. The summed E-state index contributed by atoms with van der Waals surface area (Å²) in [5, 5.41) is 18.0. The minimum Gasteiger partial charge on any atom is -0.480 e. The Hall–Kier alpha value is -1.18. The number of aliphatic carboxylic acids is 1. The van der Waals surface area contributed by atoms with Gasteiger partial charge in [0.05, 0.1) is 0 Å². The van der Waals surface area contributed by atoms with Crippen molar-refractivity contribution in [1.82, 2.24) is 16.0 Å². The lowest BCUT2D eigenvalue weighted by atomic mass is 10.1. The van der Waals surface area contributed by atoms with Crippen LogP contribution in [0.1, 0.15) is 25.7 Å². The smallest absolute Gasteiger partial charge is 0.320 e. The third-order valence-electron chi connectivity index (χ3n) is 3.18. The maximum absolute atomic E-state index is 11.6. The SMILES string of the molecule is N[C@@H](CCCNC(=O)CCC1CNCCN1)C(=O)O. The first kappa shape index (κ1) is 15.9. The molecular formula is C12H24N4O3. The first-order chi connectivity index (χ1) is 9.09. The van der Waals surface area contributed by atoms with Crippen molar-refractivity contribution in [2.24, 2.45) is 5.73 Å². The minimum atomic E-state index is -0.998. The van der Waals surface area contributed by atoms with Crippen molar-refractivity contribution in [3.05, 3.63) is 0 Å². The number of piperazine rings is 1. The van der Waals surface area contributed by atoms with Crippen LogP contribution in [0, 0.1) is 0 Å². The highest BCUT2D eigenvalue weighted by Gasteiger charge is 2.14. The normalized spacial score (nSPS) is 20.8. The Labute approximate surface area is 113 Å². The summed E-state index contributed by atoms with van der Waals surface area (Å²) in [6, 6.07) is -0.477. The zero-order valence-electron chi connectivity index (χ0n) is 11.2. The van der Waals surface area contributed by atoms with Gasteiger partial charge in [0.25, 0.3) is 0 Å². The molecule has 19 heavy (non-hydrogen) atoms. The monoisotopic (exact) mass is 272 g/mol. The second-order valence-corrected chi connectivity index (χ2v) is 4.83. The number of nitrogens with two attached hydrogens (primary N) is 1. The van der Waals surface area contributed by atoms with Crippen LogP contribution in [0.4, 0.5) is 0 Å². The maximum atomic E-state index is 11.6. The molecule has 1 aliphatic rings. The molecule has 1 amide bonds. The van der Waals surface area contributed by atoms with Crippen LogP contribution in [0.5, 0.6) is 0 Å². The average molecular weight is 272 g/mol. The molecule has 1 aliphatic heterocycles. The van der Waals surface area contributed by atoms with Gasteiger partial charge in [0.1, 0.15) is 6.04 Å². The minimum absolute atomic E-state index is 0.0104. The fraction of sp³-hybridized carbons (Fsp3) is 0.833. The van der Waals surface area contributed by atoms with Crippen LogP contribution < -0.4 is 21.7 Å². The number of hydrogen-bond donors (Lipinski definition) is 5. The van der Waals surface area contributed by atoms with E-state index in [4.69, 9.17) is 10.8 Å². The second kappa shape index (κ2) is 8.84. The number of carboxylic acid groups (broad SMARTS) is 1. The number of rotatable bonds is 8. The second-order valence-electron chi connectivity index (χ2n) is 4.83.